The summed E-state index contributed by atoms with van der Waals surface area (Å²) in [6, 6.07) is 13.9. The minimum Gasteiger partial charge on any atom is -0.452 e. The molecule has 0 atom stereocenters. The van der Waals surface area contributed by atoms with E-state index in [0.29, 0.717) is 29.9 Å². The SMILES string of the molecule is CNc1ccccc1C(=O)OCC(=O)Nc1ccc(N2CCCC2=O)cc1. The monoisotopic (exact) mass is 367 g/mol. The largest absolute Gasteiger partial charge is 0.452 e. The lowest BCUT2D eigenvalue weighted by atomic mass is 10.2. The molecule has 2 amide bonds. The maximum Gasteiger partial charge on any atom is 0.340 e. The van der Waals surface area contributed by atoms with Crippen LogP contribution in [0.2, 0.25) is 0 Å². The van der Waals surface area contributed by atoms with E-state index in [0.717, 1.165) is 12.1 Å². The van der Waals surface area contributed by atoms with Crippen molar-refractivity contribution in [2.45, 2.75) is 12.8 Å². The van der Waals surface area contributed by atoms with E-state index in [1.165, 1.54) is 0 Å². The molecule has 3 rings (SSSR count). The van der Waals surface area contributed by atoms with E-state index in [1.807, 2.05) is 0 Å². The van der Waals surface area contributed by atoms with Crippen LogP contribution in [0.5, 0.6) is 0 Å². The number of benzene rings is 2. The van der Waals surface area contributed by atoms with Gasteiger partial charge in [0, 0.05) is 37.1 Å². The van der Waals surface area contributed by atoms with E-state index < -0.39 is 11.9 Å². The molecule has 1 saturated heterocycles. The average Bonchev–Trinajstić information content (AvgIpc) is 3.12. The molecule has 0 radical (unpaired) electrons. The van der Waals surface area contributed by atoms with Gasteiger partial charge in [0.1, 0.15) is 0 Å². The quantitative estimate of drug-likeness (QED) is 0.767. The van der Waals surface area contributed by atoms with Crippen LogP contribution < -0.4 is 15.5 Å². The Hall–Kier alpha value is -3.35. The number of para-hydroxylation sites is 1. The van der Waals surface area contributed by atoms with Crippen LogP contribution in [0.1, 0.15) is 23.2 Å². The van der Waals surface area contributed by atoms with Crippen molar-refractivity contribution in [3.8, 4) is 0 Å². The average molecular weight is 367 g/mol. The number of hydrogen-bond donors (Lipinski definition) is 2. The minimum atomic E-state index is -0.571. The van der Waals surface area contributed by atoms with Gasteiger partial charge in [0.05, 0.1) is 5.56 Å². The molecule has 2 aromatic rings. The zero-order valence-electron chi connectivity index (χ0n) is 15.0. The van der Waals surface area contributed by atoms with Crippen LogP contribution in [-0.2, 0) is 14.3 Å². The predicted molar refractivity (Wildman–Crippen MR) is 103 cm³/mol. The van der Waals surface area contributed by atoms with Crippen molar-refractivity contribution in [2.75, 3.05) is 35.7 Å². The molecule has 7 nitrogen and oxygen atoms in total. The molecule has 1 fully saturated rings. The molecule has 0 saturated carbocycles. The molecule has 7 heteroatoms. The number of hydrogen-bond acceptors (Lipinski definition) is 5. The highest BCUT2D eigenvalue weighted by Gasteiger charge is 2.21. The second-order valence-electron chi connectivity index (χ2n) is 6.12. The molecular weight excluding hydrogens is 346 g/mol. The number of carbonyl (C=O) groups excluding carboxylic acids is 3. The predicted octanol–water partition coefficient (Wildman–Crippen LogP) is 2.65. The van der Waals surface area contributed by atoms with Crippen LogP contribution in [0.4, 0.5) is 17.1 Å². The van der Waals surface area contributed by atoms with Crippen molar-refractivity contribution >= 4 is 34.8 Å². The molecule has 2 N–H and O–H groups in total. The zero-order valence-corrected chi connectivity index (χ0v) is 15.0. The molecule has 140 valence electrons. The summed E-state index contributed by atoms with van der Waals surface area (Å²) in [7, 11) is 1.71. The normalized spacial score (nSPS) is 13.4. The Balaban J connectivity index is 1.53. The third-order valence-electron chi connectivity index (χ3n) is 4.29. The molecule has 0 aromatic heterocycles. The van der Waals surface area contributed by atoms with Crippen molar-refractivity contribution in [1.82, 2.24) is 0 Å². The molecule has 1 heterocycles. The van der Waals surface area contributed by atoms with Crippen LogP contribution in [0.3, 0.4) is 0 Å². The first-order valence-corrected chi connectivity index (χ1v) is 8.72. The number of carbonyl (C=O) groups is 3. The van der Waals surface area contributed by atoms with Gasteiger partial charge in [-0.05, 0) is 42.8 Å². The van der Waals surface area contributed by atoms with E-state index in [9.17, 15) is 14.4 Å². The van der Waals surface area contributed by atoms with E-state index in [4.69, 9.17) is 4.74 Å². The molecule has 0 bridgehead atoms. The van der Waals surface area contributed by atoms with E-state index >= 15 is 0 Å². The fraction of sp³-hybridized carbons (Fsp3) is 0.250. The van der Waals surface area contributed by atoms with Gasteiger partial charge in [-0.25, -0.2) is 4.79 Å². The fourth-order valence-corrected chi connectivity index (χ4v) is 2.93. The third kappa shape index (κ3) is 4.44. The standard InChI is InChI=1S/C20H21N3O4/c1-21-17-6-3-2-5-16(17)20(26)27-13-18(24)22-14-8-10-15(11-9-14)23-12-4-7-19(23)25/h2-3,5-6,8-11,21H,4,7,12-13H2,1H3,(H,22,24). The van der Waals surface area contributed by atoms with Crippen molar-refractivity contribution in [2.24, 2.45) is 0 Å². The summed E-state index contributed by atoms with van der Waals surface area (Å²) in [6.45, 7) is 0.331. The lowest BCUT2D eigenvalue weighted by molar-refractivity contribution is -0.119. The summed E-state index contributed by atoms with van der Waals surface area (Å²) in [5.74, 6) is -0.895. The first kappa shape index (κ1) is 18.4. The molecule has 0 unspecified atom stereocenters. The Morgan fingerprint density at radius 1 is 1.11 bits per heavy atom. The van der Waals surface area contributed by atoms with Crippen molar-refractivity contribution in [3.63, 3.8) is 0 Å². The number of rotatable bonds is 6. The van der Waals surface area contributed by atoms with Gasteiger partial charge in [-0.2, -0.15) is 0 Å². The topological polar surface area (TPSA) is 87.7 Å². The number of anilines is 3. The lowest BCUT2D eigenvalue weighted by Crippen LogP contribution is -2.24. The van der Waals surface area contributed by atoms with Gasteiger partial charge < -0.3 is 20.3 Å². The van der Waals surface area contributed by atoms with Crippen molar-refractivity contribution in [3.05, 3.63) is 54.1 Å². The summed E-state index contributed by atoms with van der Waals surface area (Å²) >= 11 is 0. The Kier molecular flexibility index (Phi) is 5.71. The number of ether oxygens (including phenoxy) is 1. The fourth-order valence-electron chi connectivity index (χ4n) is 2.93. The number of nitrogens with one attached hydrogen (secondary N) is 2. The highest BCUT2D eigenvalue weighted by atomic mass is 16.5. The molecular formula is C20H21N3O4. The number of amides is 2. The highest BCUT2D eigenvalue weighted by Crippen LogP contribution is 2.23. The Bertz CT molecular complexity index is 849. The smallest absolute Gasteiger partial charge is 0.340 e. The van der Waals surface area contributed by atoms with E-state index in [-0.39, 0.29) is 12.5 Å². The molecule has 1 aliphatic rings. The highest BCUT2D eigenvalue weighted by molar-refractivity contribution is 5.99. The Morgan fingerprint density at radius 3 is 2.52 bits per heavy atom. The lowest BCUT2D eigenvalue weighted by Gasteiger charge is -2.16. The van der Waals surface area contributed by atoms with Gasteiger partial charge in [0.25, 0.3) is 5.91 Å². The van der Waals surface area contributed by atoms with Gasteiger partial charge >= 0.3 is 5.97 Å². The zero-order chi connectivity index (χ0) is 19.2. The van der Waals surface area contributed by atoms with Gasteiger partial charge in [0.2, 0.25) is 5.91 Å². The Morgan fingerprint density at radius 2 is 1.85 bits per heavy atom. The molecule has 27 heavy (non-hydrogen) atoms. The maximum atomic E-state index is 12.1. The summed E-state index contributed by atoms with van der Waals surface area (Å²) in [6.07, 6.45) is 1.43. The van der Waals surface area contributed by atoms with Gasteiger partial charge in [-0.15, -0.1) is 0 Å². The van der Waals surface area contributed by atoms with Crippen LogP contribution in [0, 0.1) is 0 Å². The molecule has 0 spiro atoms. The molecule has 1 aliphatic heterocycles. The van der Waals surface area contributed by atoms with Crippen molar-refractivity contribution in [1.29, 1.82) is 0 Å². The summed E-state index contributed by atoms with van der Waals surface area (Å²) in [5, 5.41) is 5.58. The minimum absolute atomic E-state index is 0.112. The first-order valence-electron chi connectivity index (χ1n) is 8.72. The van der Waals surface area contributed by atoms with E-state index in [2.05, 4.69) is 10.6 Å². The maximum absolute atomic E-state index is 12.1. The second-order valence-corrected chi connectivity index (χ2v) is 6.12. The number of nitrogens with zero attached hydrogens (tertiary/aromatic N) is 1. The van der Waals surface area contributed by atoms with Crippen LogP contribution in [-0.4, -0.2) is 38.0 Å². The molecule has 2 aromatic carbocycles. The van der Waals surface area contributed by atoms with Crippen molar-refractivity contribution < 1.29 is 19.1 Å². The van der Waals surface area contributed by atoms with Gasteiger partial charge in [-0.3, -0.25) is 9.59 Å². The first-order chi connectivity index (χ1) is 13.1. The summed E-state index contributed by atoms with van der Waals surface area (Å²) in [5.41, 5.74) is 2.38. The summed E-state index contributed by atoms with van der Waals surface area (Å²) in [4.78, 5) is 37.6. The Labute approximate surface area is 157 Å². The molecule has 0 aliphatic carbocycles. The third-order valence-corrected chi connectivity index (χ3v) is 4.29. The van der Waals surface area contributed by atoms with Crippen LogP contribution in [0.25, 0.3) is 0 Å². The number of esters is 1. The van der Waals surface area contributed by atoms with Gasteiger partial charge in [0.15, 0.2) is 6.61 Å². The van der Waals surface area contributed by atoms with E-state index in [1.54, 1.807) is 60.5 Å². The summed E-state index contributed by atoms with van der Waals surface area (Å²) < 4.78 is 5.08. The second kappa shape index (κ2) is 8.35. The van der Waals surface area contributed by atoms with Crippen LogP contribution >= 0.6 is 0 Å². The van der Waals surface area contributed by atoms with Crippen LogP contribution in [0.15, 0.2) is 48.5 Å². The van der Waals surface area contributed by atoms with Gasteiger partial charge in [-0.1, -0.05) is 12.1 Å².